The second kappa shape index (κ2) is 6.45. The first-order chi connectivity index (χ1) is 11.5. The molecule has 1 amide bonds. The summed E-state index contributed by atoms with van der Waals surface area (Å²) >= 11 is 0. The van der Waals surface area contributed by atoms with Crippen LogP contribution in [0.4, 0.5) is 14.5 Å². The highest BCUT2D eigenvalue weighted by Gasteiger charge is 2.14. The number of nitrogens with one attached hydrogen (secondary N) is 2. The lowest BCUT2D eigenvalue weighted by Crippen LogP contribution is -2.29. The van der Waals surface area contributed by atoms with Crippen molar-refractivity contribution in [2.45, 2.75) is 0 Å². The van der Waals surface area contributed by atoms with Crippen molar-refractivity contribution in [2.24, 2.45) is 7.05 Å². The molecule has 3 rings (SSSR count). The number of amides is 1. The van der Waals surface area contributed by atoms with Crippen molar-refractivity contribution in [3.63, 3.8) is 0 Å². The van der Waals surface area contributed by atoms with Crippen LogP contribution in [-0.2, 0) is 7.05 Å². The smallest absolute Gasteiger partial charge is 0.290 e. The monoisotopic (exact) mass is 329 g/mol. The standard InChI is InChI=1S/C16H13F2N5O/c1-23-14(10-2-4-11(17)5-3-10)8-13(22-23)16(24)21-20-12-6-7-15(18)19-9-12/h2-9,20H,1H3,(H,21,24). The van der Waals surface area contributed by atoms with Gasteiger partial charge in [-0.05, 0) is 48.0 Å². The van der Waals surface area contributed by atoms with Crippen LogP contribution < -0.4 is 10.9 Å². The molecule has 6 nitrogen and oxygen atoms in total. The van der Waals surface area contributed by atoms with E-state index in [9.17, 15) is 13.6 Å². The maximum Gasteiger partial charge on any atom is 0.290 e. The summed E-state index contributed by atoms with van der Waals surface area (Å²) in [7, 11) is 1.69. The van der Waals surface area contributed by atoms with Crippen LogP contribution in [0.15, 0.2) is 48.7 Å². The zero-order valence-corrected chi connectivity index (χ0v) is 12.6. The van der Waals surface area contributed by atoms with E-state index in [2.05, 4.69) is 20.9 Å². The van der Waals surface area contributed by atoms with Gasteiger partial charge in [-0.2, -0.15) is 9.49 Å². The Morgan fingerprint density at radius 2 is 1.88 bits per heavy atom. The maximum absolute atomic E-state index is 13.0. The van der Waals surface area contributed by atoms with E-state index in [0.29, 0.717) is 11.4 Å². The average Bonchev–Trinajstić information content (AvgIpc) is 2.97. The summed E-state index contributed by atoms with van der Waals surface area (Å²) in [6, 6.07) is 10.1. The van der Waals surface area contributed by atoms with Crippen molar-refractivity contribution in [1.29, 1.82) is 0 Å². The van der Waals surface area contributed by atoms with Crippen LogP contribution in [0, 0.1) is 11.8 Å². The van der Waals surface area contributed by atoms with Crippen LogP contribution in [0.2, 0.25) is 0 Å². The van der Waals surface area contributed by atoms with E-state index < -0.39 is 11.9 Å². The molecule has 0 spiro atoms. The topological polar surface area (TPSA) is 71.8 Å². The second-order valence-electron chi connectivity index (χ2n) is 4.99. The molecule has 24 heavy (non-hydrogen) atoms. The fraction of sp³-hybridized carbons (Fsp3) is 0.0625. The van der Waals surface area contributed by atoms with Gasteiger partial charge in [0.15, 0.2) is 5.69 Å². The third-order valence-electron chi connectivity index (χ3n) is 3.30. The van der Waals surface area contributed by atoms with Crippen molar-refractivity contribution < 1.29 is 13.6 Å². The van der Waals surface area contributed by atoms with Gasteiger partial charge in [-0.3, -0.25) is 20.3 Å². The lowest BCUT2D eigenvalue weighted by Gasteiger charge is -2.05. The summed E-state index contributed by atoms with van der Waals surface area (Å²) in [5, 5.41) is 4.13. The van der Waals surface area contributed by atoms with Gasteiger partial charge in [0, 0.05) is 7.05 Å². The first-order valence-electron chi connectivity index (χ1n) is 7.01. The van der Waals surface area contributed by atoms with E-state index in [0.717, 1.165) is 5.56 Å². The van der Waals surface area contributed by atoms with Gasteiger partial charge in [0.2, 0.25) is 5.95 Å². The van der Waals surface area contributed by atoms with Crippen LogP contribution in [0.25, 0.3) is 11.3 Å². The van der Waals surface area contributed by atoms with Gasteiger partial charge in [0.05, 0.1) is 17.6 Å². The molecule has 0 unspecified atom stereocenters. The summed E-state index contributed by atoms with van der Waals surface area (Å²) in [5.41, 5.74) is 7.08. The third-order valence-corrected chi connectivity index (χ3v) is 3.30. The normalized spacial score (nSPS) is 10.5. The molecule has 0 aliphatic heterocycles. The van der Waals surface area contributed by atoms with Crippen LogP contribution >= 0.6 is 0 Å². The Balaban J connectivity index is 1.72. The van der Waals surface area contributed by atoms with Crippen molar-refractivity contribution in [1.82, 2.24) is 20.2 Å². The highest BCUT2D eigenvalue weighted by molar-refractivity contribution is 5.94. The van der Waals surface area contributed by atoms with Crippen molar-refractivity contribution in [2.75, 3.05) is 5.43 Å². The summed E-state index contributed by atoms with van der Waals surface area (Å²) in [4.78, 5) is 15.6. The maximum atomic E-state index is 13.0. The number of hydrazine groups is 1. The number of hydrogen-bond donors (Lipinski definition) is 2. The van der Waals surface area contributed by atoms with E-state index in [-0.39, 0.29) is 11.5 Å². The molecule has 0 fully saturated rings. The SMILES string of the molecule is Cn1nc(C(=O)NNc2ccc(F)nc2)cc1-c1ccc(F)cc1. The van der Waals surface area contributed by atoms with E-state index in [1.165, 1.54) is 35.1 Å². The van der Waals surface area contributed by atoms with E-state index in [1.54, 1.807) is 25.2 Å². The molecular formula is C16H13F2N5O. The summed E-state index contributed by atoms with van der Waals surface area (Å²) in [5.74, 6) is -1.42. The zero-order valence-electron chi connectivity index (χ0n) is 12.6. The van der Waals surface area contributed by atoms with Gasteiger partial charge in [-0.1, -0.05) is 0 Å². The van der Waals surface area contributed by atoms with E-state index in [4.69, 9.17) is 0 Å². The number of carbonyl (C=O) groups excluding carboxylic acids is 1. The van der Waals surface area contributed by atoms with Crippen LogP contribution in [-0.4, -0.2) is 20.7 Å². The predicted molar refractivity (Wildman–Crippen MR) is 83.9 cm³/mol. The number of carbonyl (C=O) groups is 1. The number of halogens is 2. The highest BCUT2D eigenvalue weighted by atomic mass is 19.1. The number of rotatable bonds is 4. The summed E-state index contributed by atoms with van der Waals surface area (Å²) in [6.07, 6.45) is 1.25. The molecule has 0 atom stereocenters. The molecule has 0 bridgehead atoms. The molecule has 2 heterocycles. The first kappa shape index (κ1) is 15.6. The molecule has 1 aromatic carbocycles. The number of benzene rings is 1. The molecule has 0 aliphatic rings. The van der Waals surface area contributed by atoms with Crippen molar-refractivity contribution >= 4 is 11.6 Å². The minimum Gasteiger partial charge on any atom is -0.297 e. The van der Waals surface area contributed by atoms with Crippen LogP contribution in [0.5, 0.6) is 0 Å². The van der Waals surface area contributed by atoms with Gasteiger partial charge in [-0.25, -0.2) is 9.37 Å². The fourth-order valence-electron chi connectivity index (χ4n) is 2.11. The zero-order chi connectivity index (χ0) is 17.1. The minimum absolute atomic E-state index is 0.180. The molecule has 0 aliphatic carbocycles. The Bertz CT molecular complexity index is 859. The number of hydrogen-bond acceptors (Lipinski definition) is 4. The van der Waals surface area contributed by atoms with E-state index >= 15 is 0 Å². The predicted octanol–water partition coefficient (Wildman–Crippen LogP) is 2.52. The highest BCUT2D eigenvalue weighted by Crippen LogP contribution is 2.20. The third kappa shape index (κ3) is 3.37. The molecule has 0 radical (unpaired) electrons. The average molecular weight is 329 g/mol. The van der Waals surface area contributed by atoms with Crippen LogP contribution in [0.3, 0.4) is 0 Å². The Morgan fingerprint density at radius 3 is 2.54 bits per heavy atom. The number of anilines is 1. The molecule has 8 heteroatoms. The molecule has 0 saturated carbocycles. The molecule has 2 N–H and O–H groups in total. The molecular weight excluding hydrogens is 316 g/mol. The van der Waals surface area contributed by atoms with Crippen molar-refractivity contribution in [3.05, 3.63) is 66.1 Å². The summed E-state index contributed by atoms with van der Waals surface area (Å²) in [6.45, 7) is 0. The first-order valence-corrected chi connectivity index (χ1v) is 7.01. The Morgan fingerprint density at radius 1 is 1.12 bits per heavy atom. The lowest BCUT2D eigenvalue weighted by atomic mass is 10.1. The van der Waals surface area contributed by atoms with Crippen molar-refractivity contribution in [3.8, 4) is 11.3 Å². The fourth-order valence-corrected chi connectivity index (χ4v) is 2.11. The number of pyridine rings is 1. The van der Waals surface area contributed by atoms with Gasteiger partial charge in [0.1, 0.15) is 5.82 Å². The molecule has 0 saturated heterocycles. The molecule has 3 aromatic rings. The Hall–Kier alpha value is -3.29. The molecule has 122 valence electrons. The quantitative estimate of drug-likeness (QED) is 0.570. The largest absolute Gasteiger partial charge is 0.297 e. The lowest BCUT2D eigenvalue weighted by molar-refractivity contribution is 0.0957. The van der Waals surface area contributed by atoms with Gasteiger partial charge in [-0.15, -0.1) is 0 Å². The Kier molecular flexibility index (Phi) is 4.19. The number of nitrogens with zero attached hydrogens (tertiary/aromatic N) is 3. The molecule has 2 aromatic heterocycles. The number of aromatic nitrogens is 3. The van der Waals surface area contributed by atoms with Gasteiger partial charge >= 0.3 is 0 Å². The number of aryl methyl sites for hydroxylation is 1. The minimum atomic E-state index is -0.611. The second-order valence-corrected chi connectivity index (χ2v) is 4.99. The van der Waals surface area contributed by atoms with E-state index in [1.807, 2.05) is 0 Å². The van der Waals surface area contributed by atoms with Gasteiger partial charge in [0.25, 0.3) is 5.91 Å². The summed E-state index contributed by atoms with van der Waals surface area (Å²) < 4.78 is 27.3. The Labute approximate surface area is 136 Å². The van der Waals surface area contributed by atoms with Crippen LogP contribution in [0.1, 0.15) is 10.5 Å². The van der Waals surface area contributed by atoms with Gasteiger partial charge < -0.3 is 0 Å².